The molecule has 2 rings (SSSR count). The van der Waals surface area contributed by atoms with Gasteiger partial charge in [-0.2, -0.15) is 5.10 Å². The number of carbonyl (C=O) groups is 1. The Morgan fingerprint density at radius 2 is 2.19 bits per heavy atom. The fourth-order valence-corrected chi connectivity index (χ4v) is 1.70. The predicted molar refractivity (Wildman–Crippen MR) is 62.2 cm³/mol. The number of amides is 1. The summed E-state index contributed by atoms with van der Waals surface area (Å²) in [4.78, 5) is 11.0. The Kier molecular flexibility index (Phi) is 2.66. The number of benzene rings is 1. The number of hydrogen-bond donors (Lipinski definition) is 1. The average Bonchev–Trinajstić information content (AvgIpc) is 2.60. The van der Waals surface area contributed by atoms with Crippen LogP contribution in [0.2, 0.25) is 5.02 Å². The highest BCUT2D eigenvalue weighted by molar-refractivity contribution is 6.30. The van der Waals surface area contributed by atoms with Crippen molar-refractivity contribution in [1.29, 1.82) is 0 Å². The Hall–Kier alpha value is -1.81. The van der Waals surface area contributed by atoms with E-state index in [0.29, 0.717) is 5.02 Å². The van der Waals surface area contributed by atoms with Crippen molar-refractivity contribution in [2.45, 2.75) is 0 Å². The first kappa shape index (κ1) is 10.7. The maximum atomic E-state index is 11.0. The van der Waals surface area contributed by atoms with Crippen LogP contribution in [0.1, 0.15) is 10.5 Å². The van der Waals surface area contributed by atoms with E-state index in [1.807, 2.05) is 18.2 Å². The van der Waals surface area contributed by atoms with Gasteiger partial charge in [-0.25, -0.2) is 0 Å². The van der Waals surface area contributed by atoms with Crippen LogP contribution < -0.4 is 5.73 Å². The van der Waals surface area contributed by atoms with Gasteiger partial charge in [-0.05, 0) is 18.2 Å². The zero-order valence-electron chi connectivity index (χ0n) is 8.64. The molecule has 0 radical (unpaired) electrons. The van der Waals surface area contributed by atoms with E-state index in [1.165, 1.54) is 0 Å². The zero-order valence-corrected chi connectivity index (χ0v) is 9.40. The minimum absolute atomic E-state index is 0.248. The van der Waals surface area contributed by atoms with E-state index in [-0.39, 0.29) is 5.69 Å². The zero-order chi connectivity index (χ0) is 11.7. The molecule has 0 spiro atoms. The average molecular weight is 236 g/mol. The lowest BCUT2D eigenvalue weighted by molar-refractivity contribution is 0.0995. The first-order valence-corrected chi connectivity index (χ1v) is 5.05. The minimum atomic E-state index is -0.538. The summed E-state index contributed by atoms with van der Waals surface area (Å²) in [5.74, 6) is -0.538. The first-order valence-electron chi connectivity index (χ1n) is 4.67. The van der Waals surface area contributed by atoms with Gasteiger partial charge in [-0.15, -0.1) is 0 Å². The minimum Gasteiger partial charge on any atom is -0.364 e. The van der Waals surface area contributed by atoms with Crippen molar-refractivity contribution < 1.29 is 4.79 Å². The van der Waals surface area contributed by atoms with Crippen LogP contribution in [0.5, 0.6) is 0 Å². The highest BCUT2D eigenvalue weighted by Crippen LogP contribution is 2.22. The Bertz CT molecular complexity index is 548. The number of nitrogens with two attached hydrogens (primary N) is 1. The second-order valence-electron chi connectivity index (χ2n) is 3.41. The summed E-state index contributed by atoms with van der Waals surface area (Å²) in [6.07, 6.45) is 0. The molecule has 16 heavy (non-hydrogen) atoms. The lowest BCUT2D eigenvalue weighted by Gasteiger charge is -2.01. The van der Waals surface area contributed by atoms with Crippen molar-refractivity contribution >= 4 is 17.5 Å². The van der Waals surface area contributed by atoms with Crippen molar-refractivity contribution in [3.8, 4) is 11.3 Å². The van der Waals surface area contributed by atoms with Crippen LogP contribution >= 0.6 is 11.6 Å². The van der Waals surface area contributed by atoms with Gasteiger partial charge in [-0.3, -0.25) is 9.48 Å². The van der Waals surface area contributed by atoms with Crippen LogP contribution in [0.4, 0.5) is 0 Å². The number of hydrogen-bond acceptors (Lipinski definition) is 2. The molecular weight excluding hydrogens is 226 g/mol. The third-order valence-electron chi connectivity index (χ3n) is 2.25. The normalized spacial score (nSPS) is 10.4. The van der Waals surface area contributed by atoms with Gasteiger partial charge in [0.05, 0.1) is 5.69 Å². The molecule has 0 atom stereocenters. The standard InChI is InChI=1S/C11H10ClN3O/c1-15-10(6-9(14-15)11(13)16)7-3-2-4-8(12)5-7/h2-6H,1H3,(H2,13,16). The molecule has 0 saturated carbocycles. The monoisotopic (exact) mass is 235 g/mol. The van der Waals surface area contributed by atoms with Gasteiger partial charge in [0.1, 0.15) is 0 Å². The lowest BCUT2D eigenvalue weighted by Crippen LogP contribution is -2.11. The fraction of sp³-hybridized carbons (Fsp3) is 0.0909. The van der Waals surface area contributed by atoms with Crippen molar-refractivity contribution in [1.82, 2.24) is 9.78 Å². The summed E-state index contributed by atoms with van der Waals surface area (Å²) in [5.41, 5.74) is 7.11. The molecule has 0 aliphatic carbocycles. The summed E-state index contributed by atoms with van der Waals surface area (Å²) < 4.78 is 1.60. The Balaban J connectivity index is 2.52. The number of aromatic nitrogens is 2. The lowest BCUT2D eigenvalue weighted by atomic mass is 10.1. The first-order chi connectivity index (χ1) is 7.58. The summed E-state index contributed by atoms with van der Waals surface area (Å²) >= 11 is 5.90. The van der Waals surface area contributed by atoms with E-state index in [0.717, 1.165) is 11.3 Å². The van der Waals surface area contributed by atoms with E-state index >= 15 is 0 Å². The maximum Gasteiger partial charge on any atom is 0.269 e. The van der Waals surface area contributed by atoms with Gasteiger partial charge in [0.15, 0.2) is 5.69 Å². The molecule has 82 valence electrons. The molecule has 4 nitrogen and oxygen atoms in total. The summed E-state index contributed by atoms with van der Waals surface area (Å²) in [5, 5.41) is 4.65. The smallest absolute Gasteiger partial charge is 0.269 e. The molecule has 0 aliphatic rings. The molecule has 0 fully saturated rings. The molecule has 1 aromatic carbocycles. The van der Waals surface area contributed by atoms with Crippen LogP contribution in [-0.2, 0) is 7.05 Å². The highest BCUT2D eigenvalue weighted by Gasteiger charge is 2.10. The molecule has 2 N–H and O–H groups in total. The van der Waals surface area contributed by atoms with Crippen molar-refractivity contribution in [3.63, 3.8) is 0 Å². The van der Waals surface area contributed by atoms with Gasteiger partial charge in [-0.1, -0.05) is 23.7 Å². The van der Waals surface area contributed by atoms with Crippen LogP contribution in [-0.4, -0.2) is 15.7 Å². The largest absolute Gasteiger partial charge is 0.364 e. The molecule has 5 heteroatoms. The Morgan fingerprint density at radius 3 is 2.75 bits per heavy atom. The molecule has 0 bridgehead atoms. The molecule has 1 aromatic heterocycles. The van der Waals surface area contributed by atoms with E-state index in [4.69, 9.17) is 17.3 Å². The Labute approximate surface area is 97.6 Å². The predicted octanol–water partition coefficient (Wildman–Crippen LogP) is 1.84. The summed E-state index contributed by atoms with van der Waals surface area (Å²) in [7, 11) is 1.75. The molecule has 1 heterocycles. The van der Waals surface area contributed by atoms with Gasteiger partial charge in [0.25, 0.3) is 5.91 Å². The van der Waals surface area contributed by atoms with Gasteiger partial charge < -0.3 is 5.73 Å². The van der Waals surface area contributed by atoms with Crippen LogP contribution in [0.3, 0.4) is 0 Å². The molecule has 1 amide bonds. The quantitative estimate of drug-likeness (QED) is 0.864. The SMILES string of the molecule is Cn1nc(C(N)=O)cc1-c1cccc(Cl)c1. The van der Waals surface area contributed by atoms with Gasteiger partial charge in [0.2, 0.25) is 0 Å². The topological polar surface area (TPSA) is 60.9 Å². The number of nitrogens with zero attached hydrogens (tertiary/aromatic N) is 2. The Morgan fingerprint density at radius 1 is 1.44 bits per heavy atom. The summed E-state index contributed by atoms with van der Waals surface area (Å²) in [6.45, 7) is 0. The molecule has 0 aliphatic heterocycles. The van der Waals surface area contributed by atoms with Crippen molar-refractivity contribution in [2.24, 2.45) is 12.8 Å². The van der Waals surface area contributed by atoms with Gasteiger partial charge in [0, 0.05) is 17.6 Å². The number of aryl methyl sites for hydroxylation is 1. The van der Waals surface area contributed by atoms with E-state index < -0.39 is 5.91 Å². The second kappa shape index (κ2) is 3.98. The maximum absolute atomic E-state index is 11.0. The molecule has 2 aromatic rings. The molecule has 0 saturated heterocycles. The fourth-order valence-electron chi connectivity index (χ4n) is 1.51. The second-order valence-corrected chi connectivity index (χ2v) is 3.85. The van der Waals surface area contributed by atoms with Crippen LogP contribution in [0.15, 0.2) is 30.3 Å². The molecular formula is C11H10ClN3O. The van der Waals surface area contributed by atoms with Crippen molar-refractivity contribution in [2.75, 3.05) is 0 Å². The van der Waals surface area contributed by atoms with Crippen LogP contribution in [0, 0.1) is 0 Å². The van der Waals surface area contributed by atoms with E-state index in [2.05, 4.69) is 5.10 Å². The number of primary amides is 1. The van der Waals surface area contributed by atoms with E-state index in [9.17, 15) is 4.79 Å². The van der Waals surface area contributed by atoms with Crippen molar-refractivity contribution in [3.05, 3.63) is 41.0 Å². The molecule has 0 unspecified atom stereocenters. The van der Waals surface area contributed by atoms with Gasteiger partial charge >= 0.3 is 0 Å². The number of halogens is 1. The van der Waals surface area contributed by atoms with E-state index in [1.54, 1.807) is 23.9 Å². The third kappa shape index (κ3) is 1.92. The summed E-state index contributed by atoms with van der Waals surface area (Å²) in [6, 6.07) is 8.98. The van der Waals surface area contributed by atoms with Crippen LogP contribution in [0.25, 0.3) is 11.3 Å². The number of carbonyl (C=O) groups excluding carboxylic acids is 1. The highest BCUT2D eigenvalue weighted by atomic mass is 35.5. The third-order valence-corrected chi connectivity index (χ3v) is 2.49. The number of rotatable bonds is 2.